The Hall–Kier alpha value is -2.82. The molecule has 5 nitrogen and oxygen atoms in total. The van der Waals surface area contributed by atoms with Crippen LogP contribution in [0.25, 0.3) is 0 Å². The average Bonchev–Trinajstić information content (AvgIpc) is 3.03. The summed E-state index contributed by atoms with van der Waals surface area (Å²) in [6.07, 6.45) is 0.249. The summed E-state index contributed by atoms with van der Waals surface area (Å²) in [7, 11) is 0. The Balaban J connectivity index is 1.51. The first-order valence-electron chi connectivity index (χ1n) is 8.88. The minimum Gasteiger partial charge on any atom is -0.492 e. The lowest BCUT2D eigenvalue weighted by Crippen LogP contribution is -2.35. The van der Waals surface area contributed by atoms with Gasteiger partial charge in [0.15, 0.2) is 0 Å². The topological polar surface area (TPSA) is 58.6 Å². The summed E-state index contributed by atoms with van der Waals surface area (Å²) in [6.45, 7) is 5.27. The summed E-state index contributed by atoms with van der Waals surface area (Å²) in [5, 5.41) is 2.87. The van der Waals surface area contributed by atoms with Crippen molar-refractivity contribution in [1.29, 1.82) is 0 Å². The van der Waals surface area contributed by atoms with Gasteiger partial charge in [-0.05, 0) is 43.2 Å². The van der Waals surface area contributed by atoms with Crippen LogP contribution >= 0.6 is 0 Å². The Kier molecular flexibility index (Phi) is 5.56. The zero-order chi connectivity index (χ0) is 18.5. The van der Waals surface area contributed by atoms with Crippen molar-refractivity contribution >= 4 is 17.5 Å². The number of benzene rings is 2. The molecule has 0 bridgehead atoms. The molecular weight excluding hydrogens is 328 g/mol. The maximum absolute atomic E-state index is 12.4. The fraction of sp³-hybridized carbons (Fsp3) is 0.333. The molecule has 2 aromatic rings. The highest BCUT2D eigenvalue weighted by molar-refractivity contribution is 6.00. The van der Waals surface area contributed by atoms with Crippen LogP contribution in [0.5, 0.6) is 5.75 Å². The molecule has 1 heterocycles. The van der Waals surface area contributed by atoms with Crippen molar-refractivity contribution in [3.05, 3.63) is 59.7 Å². The lowest BCUT2D eigenvalue weighted by molar-refractivity contribution is -0.126. The van der Waals surface area contributed by atoms with E-state index in [-0.39, 0.29) is 24.2 Å². The molecule has 1 saturated heterocycles. The number of para-hydroxylation sites is 1. The third kappa shape index (κ3) is 4.04. The van der Waals surface area contributed by atoms with E-state index in [0.717, 1.165) is 22.6 Å². The van der Waals surface area contributed by atoms with Gasteiger partial charge in [0.1, 0.15) is 12.4 Å². The van der Waals surface area contributed by atoms with Crippen molar-refractivity contribution in [3.8, 4) is 5.75 Å². The molecule has 1 aliphatic heterocycles. The summed E-state index contributed by atoms with van der Waals surface area (Å²) >= 11 is 0. The molecular formula is C21H24N2O3. The van der Waals surface area contributed by atoms with Crippen LogP contribution in [-0.2, 0) is 9.59 Å². The molecule has 0 radical (unpaired) electrons. The first-order chi connectivity index (χ1) is 12.6. The first-order valence-corrected chi connectivity index (χ1v) is 8.88. The summed E-state index contributed by atoms with van der Waals surface area (Å²) in [6, 6.07) is 15.4. The number of amides is 2. The van der Waals surface area contributed by atoms with Crippen LogP contribution in [0.15, 0.2) is 48.5 Å². The Morgan fingerprint density at radius 2 is 1.92 bits per heavy atom. The molecule has 3 rings (SSSR count). The van der Waals surface area contributed by atoms with Gasteiger partial charge in [0, 0.05) is 18.7 Å². The van der Waals surface area contributed by atoms with Gasteiger partial charge >= 0.3 is 0 Å². The summed E-state index contributed by atoms with van der Waals surface area (Å²) in [4.78, 5) is 26.5. The van der Waals surface area contributed by atoms with Gasteiger partial charge in [0.05, 0.1) is 12.5 Å². The smallest absolute Gasteiger partial charge is 0.227 e. The van der Waals surface area contributed by atoms with Gasteiger partial charge < -0.3 is 15.0 Å². The number of carbonyl (C=O) groups excluding carboxylic acids is 2. The Morgan fingerprint density at radius 1 is 1.15 bits per heavy atom. The first kappa shape index (κ1) is 18.0. The Bertz CT molecular complexity index is 789. The molecule has 1 aliphatic rings. The number of aryl methyl sites for hydroxylation is 1. The minimum atomic E-state index is -0.320. The van der Waals surface area contributed by atoms with E-state index in [4.69, 9.17) is 4.74 Å². The highest BCUT2D eigenvalue weighted by Gasteiger charge is 2.35. The molecule has 0 aliphatic carbocycles. The molecule has 136 valence electrons. The number of hydrogen-bond acceptors (Lipinski definition) is 3. The fourth-order valence-corrected chi connectivity index (χ4v) is 3.15. The highest BCUT2D eigenvalue weighted by atomic mass is 16.5. The molecule has 0 saturated carbocycles. The molecule has 1 fully saturated rings. The third-order valence-electron chi connectivity index (χ3n) is 4.78. The van der Waals surface area contributed by atoms with E-state index in [0.29, 0.717) is 19.7 Å². The molecule has 0 aromatic heterocycles. The zero-order valence-electron chi connectivity index (χ0n) is 15.2. The van der Waals surface area contributed by atoms with E-state index in [1.165, 1.54) is 0 Å². The summed E-state index contributed by atoms with van der Waals surface area (Å²) < 4.78 is 5.57. The summed E-state index contributed by atoms with van der Waals surface area (Å²) in [5.74, 6) is 0.361. The number of nitrogens with zero attached hydrogens (tertiary/aromatic N) is 1. The Morgan fingerprint density at radius 3 is 2.69 bits per heavy atom. The van der Waals surface area contributed by atoms with Crippen LogP contribution < -0.4 is 15.0 Å². The number of anilines is 1. The predicted octanol–water partition coefficient (Wildman–Crippen LogP) is 2.85. The second-order valence-electron chi connectivity index (χ2n) is 6.58. The number of hydrogen-bond donors (Lipinski definition) is 1. The van der Waals surface area contributed by atoms with Crippen molar-refractivity contribution in [2.75, 3.05) is 24.6 Å². The monoisotopic (exact) mass is 352 g/mol. The Labute approximate surface area is 154 Å². The number of rotatable bonds is 6. The van der Waals surface area contributed by atoms with Gasteiger partial charge in [-0.25, -0.2) is 0 Å². The fourth-order valence-electron chi connectivity index (χ4n) is 3.15. The highest BCUT2D eigenvalue weighted by Crippen LogP contribution is 2.29. The van der Waals surface area contributed by atoms with Crippen LogP contribution in [0.3, 0.4) is 0 Å². The van der Waals surface area contributed by atoms with E-state index in [1.807, 2.05) is 62.4 Å². The van der Waals surface area contributed by atoms with Crippen LogP contribution in [0.1, 0.15) is 17.5 Å². The second kappa shape index (κ2) is 8.04. The zero-order valence-corrected chi connectivity index (χ0v) is 15.2. The van der Waals surface area contributed by atoms with Crippen molar-refractivity contribution in [3.63, 3.8) is 0 Å². The molecule has 0 unspecified atom stereocenters. The van der Waals surface area contributed by atoms with Gasteiger partial charge in [-0.15, -0.1) is 0 Å². The number of carbonyl (C=O) groups is 2. The molecule has 1 N–H and O–H groups in total. The number of nitrogens with one attached hydrogen (secondary N) is 1. The molecule has 26 heavy (non-hydrogen) atoms. The van der Waals surface area contributed by atoms with E-state index in [2.05, 4.69) is 5.32 Å². The van der Waals surface area contributed by atoms with E-state index in [1.54, 1.807) is 4.90 Å². The van der Waals surface area contributed by atoms with Gasteiger partial charge in [-0.1, -0.05) is 30.3 Å². The van der Waals surface area contributed by atoms with E-state index in [9.17, 15) is 9.59 Å². The maximum atomic E-state index is 12.4. The maximum Gasteiger partial charge on any atom is 0.227 e. The SMILES string of the molecule is Cc1cccc(N2C[C@H](C(=O)NCCOc3ccccc3)CC2=O)c1C. The third-order valence-corrected chi connectivity index (χ3v) is 4.78. The van der Waals surface area contributed by atoms with Crippen molar-refractivity contribution in [2.24, 2.45) is 5.92 Å². The van der Waals surface area contributed by atoms with Crippen molar-refractivity contribution in [1.82, 2.24) is 5.32 Å². The molecule has 0 spiro atoms. The normalized spacial score (nSPS) is 16.6. The lowest BCUT2D eigenvalue weighted by atomic mass is 10.1. The van der Waals surface area contributed by atoms with Gasteiger partial charge in [0.25, 0.3) is 0 Å². The van der Waals surface area contributed by atoms with E-state index < -0.39 is 0 Å². The van der Waals surface area contributed by atoms with E-state index >= 15 is 0 Å². The largest absolute Gasteiger partial charge is 0.492 e. The predicted molar refractivity (Wildman–Crippen MR) is 101 cm³/mol. The average molecular weight is 352 g/mol. The van der Waals surface area contributed by atoms with Gasteiger partial charge in [0.2, 0.25) is 11.8 Å². The van der Waals surface area contributed by atoms with Gasteiger partial charge in [-0.2, -0.15) is 0 Å². The lowest BCUT2D eigenvalue weighted by Gasteiger charge is -2.20. The quantitative estimate of drug-likeness (QED) is 0.814. The molecule has 2 aromatic carbocycles. The molecule has 5 heteroatoms. The second-order valence-corrected chi connectivity index (χ2v) is 6.58. The van der Waals surface area contributed by atoms with Crippen LogP contribution in [0.2, 0.25) is 0 Å². The van der Waals surface area contributed by atoms with Crippen LogP contribution in [0, 0.1) is 19.8 Å². The van der Waals surface area contributed by atoms with Crippen molar-refractivity contribution < 1.29 is 14.3 Å². The molecule has 2 amide bonds. The van der Waals surface area contributed by atoms with Crippen molar-refractivity contribution in [2.45, 2.75) is 20.3 Å². The standard InChI is InChI=1S/C21H24N2O3/c1-15-7-6-10-19(16(15)2)23-14-17(13-20(23)24)21(25)22-11-12-26-18-8-4-3-5-9-18/h3-10,17H,11-14H2,1-2H3,(H,22,25)/t17-/m1/s1. The summed E-state index contributed by atoms with van der Waals surface area (Å²) in [5.41, 5.74) is 3.12. The van der Waals surface area contributed by atoms with Crippen LogP contribution in [0.4, 0.5) is 5.69 Å². The minimum absolute atomic E-state index is 0.000569. The van der Waals surface area contributed by atoms with Gasteiger partial charge in [-0.3, -0.25) is 9.59 Å². The molecule has 1 atom stereocenters. The van der Waals surface area contributed by atoms with Crippen LogP contribution in [-0.4, -0.2) is 31.5 Å². The number of ether oxygens (including phenoxy) is 1.